The molecule has 1 unspecified atom stereocenters. The summed E-state index contributed by atoms with van der Waals surface area (Å²) in [7, 11) is -3.74. The number of hydrogen-bond acceptors (Lipinski definition) is 6. The summed E-state index contributed by atoms with van der Waals surface area (Å²) < 4.78 is 23.7. The third-order valence-electron chi connectivity index (χ3n) is 4.31. The number of nitrogens with zero attached hydrogens (tertiary/aromatic N) is 1. The molecule has 1 amide bonds. The second-order valence-electron chi connectivity index (χ2n) is 6.56. The minimum Gasteiger partial charge on any atom is -0.381 e. The van der Waals surface area contributed by atoms with Crippen LogP contribution in [0, 0.1) is 16.0 Å². The quantitative estimate of drug-likeness (QED) is 0.512. The maximum atomic E-state index is 12.0. The van der Waals surface area contributed by atoms with Crippen molar-refractivity contribution in [3.63, 3.8) is 0 Å². The van der Waals surface area contributed by atoms with Gasteiger partial charge >= 0.3 is 0 Å². The van der Waals surface area contributed by atoms with Crippen molar-refractivity contribution in [3.05, 3.63) is 58.1 Å². The lowest BCUT2D eigenvalue weighted by Gasteiger charge is -2.12. The lowest BCUT2D eigenvalue weighted by Crippen LogP contribution is -2.19. The average molecular weight is 405 g/mol. The van der Waals surface area contributed by atoms with E-state index in [-0.39, 0.29) is 16.7 Å². The van der Waals surface area contributed by atoms with Gasteiger partial charge in [0.2, 0.25) is 5.91 Å². The summed E-state index contributed by atoms with van der Waals surface area (Å²) in [6, 6.07) is 11.1. The Morgan fingerprint density at radius 1 is 1.18 bits per heavy atom. The Kier molecular flexibility index (Phi) is 6.74. The highest BCUT2D eigenvalue weighted by molar-refractivity contribution is 7.90. The molecule has 2 rings (SSSR count). The van der Waals surface area contributed by atoms with Crippen LogP contribution in [0.2, 0.25) is 0 Å². The van der Waals surface area contributed by atoms with Gasteiger partial charge in [0.15, 0.2) is 9.84 Å². The number of carbonyl (C=O) groups excluding carboxylic acids is 1. The number of carbonyl (C=O) groups is 1. The number of nitro groups is 1. The van der Waals surface area contributed by atoms with Gasteiger partial charge in [-0.15, -0.1) is 0 Å². The number of hydrogen-bond donors (Lipinski definition) is 2. The predicted octanol–water partition coefficient (Wildman–Crippen LogP) is 3.60. The molecule has 0 saturated heterocycles. The van der Waals surface area contributed by atoms with Gasteiger partial charge in [0.25, 0.3) is 5.69 Å². The Hall–Kier alpha value is -2.94. The lowest BCUT2D eigenvalue weighted by atomic mass is 10.1. The maximum Gasteiger partial charge on any atom is 0.288 e. The smallest absolute Gasteiger partial charge is 0.288 e. The summed E-state index contributed by atoms with van der Waals surface area (Å²) in [6.45, 7) is 4.16. The number of amides is 1. The largest absolute Gasteiger partial charge is 0.381 e. The van der Waals surface area contributed by atoms with Crippen LogP contribution in [0.25, 0.3) is 0 Å². The molecule has 150 valence electrons. The van der Waals surface area contributed by atoms with Crippen LogP contribution in [0.3, 0.4) is 0 Å². The Morgan fingerprint density at radius 3 is 2.50 bits per heavy atom. The summed E-state index contributed by atoms with van der Waals surface area (Å²) in [5, 5.41) is 17.0. The van der Waals surface area contributed by atoms with E-state index >= 15 is 0 Å². The van der Waals surface area contributed by atoms with E-state index in [1.165, 1.54) is 18.2 Å². The van der Waals surface area contributed by atoms with Crippen molar-refractivity contribution in [1.82, 2.24) is 0 Å². The number of nitro benzene ring substituents is 1. The van der Waals surface area contributed by atoms with Crippen LogP contribution in [-0.4, -0.2) is 25.5 Å². The maximum absolute atomic E-state index is 12.0. The standard InChI is InChI=1S/C19H23N3O5S/c1-4-13(2)19(23)21-16-7-5-6-14(10-16)12-20-15-8-9-17(22(24)25)18(11-15)28(3,26)27/h5-11,13,20H,4,12H2,1-3H3,(H,21,23). The predicted molar refractivity (Wildman–Crippen MR) is 108 cm³/mol. The molecule has 0 aromatic heterocycles. The molecule has 0 radical (unpaired) electrons. The summed E-state index contributed by atoms with van der Waals surface area (Å²) in [6.07, 6.45) is 1.68. The van der Waals surface area contributed by atoms with E-state index in [1.54, 1.807) is 12.1 Å². The first-order chi connectivity index (χ1) is 13.1. The minimum absolute atomic E-state index is 0.0548. The van der Waals surface area contributed by atoms with Crippen molar-refractivity contribution in [2.24, 2.45) is 5.92 Å². The van der Waals surface area contributed by atoms with Gasteiger partial charge in [-0.3, -0.25) is 14.9 Å². The van der Waals surface area contributed by atoms with Gasteiger partial charge in [0, 0.05) is 36.2 Å². The third-order valence-corrected chi connectivity index (χ3v) is 5.43. The van der Waals surface area contributed by atoms with Gasteiger partial charge < -0.3 is 10.6 Å². The molecule has 8 nitrogen and oxygen atoms in total. The second kappa shape index (κ2) is 8.83. The Morgan fingerprint density at radius 2 is 1.89 bits per heavy atom. The van der Waals surface area contributed by atoms with E-state index in [0.717, 1.165) is 18.2 Å². The zero-order valence-electron chi connectivity index (χ0n) is 15.9. The van der Waals surface area contributed by atoms with Gasteiger partial charge in [-0.2, -0.15) is 0 Å². The van der Waals surface area contributed by atoms with Crippen LogP contribution in [-0.2, 0) is 21.2 Å². The van der Waals surface area contributed by atoms with Crippen molar-refractivity contribution in [1.29, 1.82) is 0 Å². The normalized spacial score (nSPS) is 12.2. The van der Waals surface area contributed by atoms with E-state index in [0.29, 0.717) is 17.9 Å². The zero-order chi connectivity index (χ0) is 20.9. The van der Waals surface area contributed by atoms with Crippen LogP contribution in [0.15, 0.2) is 47.4 Å². The molecule has 9 heteroatoms. The molecule has 2 N–H and O–H groups in total. The molecule has 28 heavy (non-hydrogen) atoms. The summed E-state index contributed by atoms with van der Waals surface area (Å²) in [5.41, 5.74) is 1.52. The van der Waals surface area contributed by atoms with E-state index in [4.69, 9.17) is 0 Å². The first-order valence-corrected chi connectivity index (χ1v) is 10.6. The molecule has 0 spiro atoms. The molecular formula is C19H23N3O5S. The topological polar surface area (TPSA) is 118 Å². The monoisotopic (exact) mass is 405 g/mol. The Labute approximate surface area is 164 Å². The first kappa shape index (κ1) is 21.4. The van der Waals surface area contributed by atoms with Crippen LogP contribution in [0.5, 0.6) is 0 Å². The van der Waals surface area contributed by atoms with Crippen molar-refractivity contribution in [2.45, 2.75) is 31.7 Å². The van der Waals surface area contributed by atoms with Gasteiger partial charge in [0.1, 0.15) is 4.90 Å². The van der Waals surface area contributed by atoms with Crippen LogP contribution in [0.4, 0.5) is 17.1 Å². The minimum atomic E-state index is -3.74. The fraction of sp³-hybridized carbons (Fsp3) is 0.316. The lowest BCUT2D eigenvalue weighted by molar-refractivity contribution is -0.387. The first-order valence-electron chi connectivity index (χ1n) is 8.74. The molecule has 1 atom stereocenters. The molecule has 0 bridgehead atoms. The molecule has 2 aromatic rings. The van der Waals surface area contributed by atoms with Gasteiger partial charge in [-0.25, -0.2) is 8.42 Å². The number of sulfone groups is 1. The number of nitrogens with one attached hydrogen (secondary N) is 2. The molecule has 0 heterocycles. The van der Waals surface area contributed by atoms with Gasteiger partial charge in [-0.05, 0) is 36.2 Å². The highest BCUT2D eigenvalue weighted by Gasteiger charge is 2.22. The molecule has 2 aromatic carbocycles. The van der Waals surface area contributed by atoms with E-state index in [2.05, 4.69) is 10.6 Å². The molecule has 0 saturated carbocycles. The molecule has 0 aliphatic rings. The van der Waals surface area contributed by atoms with E-state index < -0.39 is 20.4 Å². The average Bonchev–Trinajstić information content (AvgIpc) is 2.65. The molecule has 0 fully saturated rings. The third kappa shape index (κ3) is 5.53. The SMILES string of the molecule is CCC(C)C(=O)Nc1cccc(CNc2ccc([N+](=O)[O-])c(S(C)(=O)=O)c2)c1. The zero-order valence-corrected chi connectivity index (χ0v) is 16.7. The summed E-state index contributed by atoms with van der Waals surface area (Å²) in [5.74, 6) is -0.142. The van der Waals surface area contributed by atoms with Crippen molar-refractivity contribution < 1.29 is 18.1 Å². The number of anilines is 2. The molecule has 0 aliphatic carbocycles. The summed E-state index contributed by atoms with van der Waals surface area (Å²) in [4.78, 5) is 22.0. The van der Waals surface area contributed by atoms with E-state index in [1.807, 2.05) is 26.0 Å². The van der Waals surface area contributed by atoms with Crippen LogP contribution >= 0.6 is 0 Å². The second-order valence-corrected chi connectivity index (χ2v) is 8.55. The van der Waals surface area contributed by atoms with Crippen molar-refractivity contribution in [2.75, 3.05) is 16.9 Å². The molecule has 0 aliphatic heterocycles. The number of rotatable bonds is 8. The van der Waals surface area contributed by atoms with Crippen LogP contribution in [0.1, 0.15) is 25.8 Å². The van der Waals surface area contributed by atoms with Crippen molar-refractivity contribution in [3.8, 4) is 0 Å². The van der Waals surface area contributed by atoms with Crippen molar-refractivity contribution >= 4 is 32.8 Å². The Balaban J connectivity index is 2.15. The fourth-order valence-corrected chi connectivity index (χ4v) is 3.35. The van der Waals surface area contributed by atoms with Gasteiger partial charge in [-0.1, -0.05) is 26.0 Å². The highest BCUT2D eigenvalue weighted by atomic mass is 32.2. The van der Waals surface area contributed by atoms with E-state index in [9.17, 15) is 23.3 Å². The Bertz CT molecular complexity index is 989. The highest BCUT2D eigenvalue weighted by Crippen LogP contribution is 2.27. The fourth-order valence-electron chi connectivity index (χ4n) is 2.49. The summed E-state index contributed by atoms with van der Waals surface area (Å²) >= 11 is 0. The molecular weight excluding hydrogens is 382 g/mol. The number of benzene rings is 2. The van der Waals surface area contributed by atoms with Gasteiger partial charge in [0.05, 0.1) is 4.92 Å². The van der Waals surface area contributed by atoms with Crippen LogP contribution < -0.4 is 10.6 Å².